The molecular weight excluding hydrogens is 396 g/mol. The lowest BCUT2D eigenvalue weighted by molar-refractivity contribution is 0.229. The maximum Gasteiger partial charge on any atom is 0.194 e. The van der Waals surface area contributed by atoms with Gasteiger partial charge in [-0.1, -0.05) is 59.8 Å². The molecule has 6 nitrogen and oxygen atoms in total. The van der Waals surface area contributed by atoms with Crippen molar-refractivity contribution in [3.8, 4) is 0 Å². The second kappa shape index (κ2) is 12.1. The molecule has 2 heterocycles. The zero-order chi connectivity index (χ0) is 23.1. The quantitative estimate of drug-likeness (QED) is 0.371. The minimum absolute atomic E-state index is 0.484. The van der Waals surface area contributed by atoms with Gasteiger partial charge in [0.1, 0.15) is 0 Å². The van der Waals surface area contributed by atoms with Crippen LogP contribution in [0.1, 0.15) is 91.9 Å². The average molecular weight is 447 g/mol. The molecule has 0 aromatic rings. The summed E-state index contributed by atoms with van der Waals surface area (Å²) < 4.78 is 0. The van der Waals surface area contributed by atoms with Crippen molar-refractivity contribution in [1.29, 1.82) is 10.8 Å². The molecule has 3 rings (SSSR count). The molecule has 0 amide bonds. The lowest BCUT2D eigenvalue weighted by Gasteiger charge is -2.31. The van der Waals surface area contributed by atoms with Gasteiger partial charge in [-0.2, -0.15) is 0 Å². The van der Waals surface area contributed by atoms with Crippen LogP contribution in [0.3, 0.4) is 0 Å². The monoisotopic (exact) mass is 446 g/mol. The van der Waals surface area contributed by atoms with Crippen LogP contribution in [0.4, 0.5) is 0 Å². The number of unbranched alkanes of at least 4 members (excludes halogenated alkanes) is 1. The Morgan fingerprint density at radius 3 is 2.44 bits per heavy atom. The molecule has 2 unspecified atom stereocenters. The van der Waals surface area contributed by atoms with Gasteiger partial charge in [0.2, 0.25) is 0 Å². The van der Waals surface area contributed by atoms with E-state index in [0.29, 0.717) is 29.9 Å². The van der Waals surface area contributed by atoms with Gasteiger partial charge in [-0.3, -0.25) is 10.8 Å². The first-order valence-electron chi connectivity index (χ1n) is 13.6. The Bertz CT molecular complexity index is 601. The van der Waals surface area contributed by atoms with Crippen molar-refractivity contribution in [2.45, 2.75) is 104 Å². The van der Waals surface area contributed by atoms with Crippen LogP contribution < -0.4 is 5.32 Å². The Balaban J connectivity index is 1.45. The Hall–Kier alpha value is -1.46. The first-order valence-corrected chi connectivity index (χ1v) is 13.6. The second-order valence-corrected chi connectivity index (χ2v) is 10.9. The van der Waals surface area contributed by atoms with Crippen LogP contribution in [0.15, 0.2) is 0 Å². The van der Waals surface area contributed by atoms with E-state index in [4.69, 9.17) is 10.8 Å². The topological polar surface area (TPSA) is 69.5 Å². The van der Waals surface area contributed by atoms with Crippen molar-refractivity contribution in [3.05, 3.63) is 0 Å². The molecule has 3 aliphatic rings. The number of hydrogen-bond donors (Lipinski definition) is 3. The van der Waals surface area contributed by atoms with Crippen molar-refractivity contribution in [2.75, 3.05) is 32.7 Å². The van der Waals surface area contributed by atoms with Crippen molar-refractivity contribution >= 4 is 11.9 Å². The van der Waals surface area contributed by atoms with Crippen LogP contribution >= 0.6 is 0 Å². The van der Waals surface area contributed by atoms with Gasteiger partial charge in [-0.25, -0.2) is 0 Å². The highest BCUT2D eigenvalue weighted by molar-refractivity contribution is 5.80. The Kier molecular flexibility index (Phi) is 9.54. The van der Waals surface area contributed by atoms with Crippen LogP contribution in [0.25, 0.3) is 0 Å². The average Bonchev–Trinajstić information content (AvgIpc) is 3.31. The van der Waals surface area contributed by atoms with E-state index < -0.39 is 0 Å². The minimum atomic E-state index is 0.484. The van der Waals surface area contributed by atoms with Gasteiger partial charge in [0.15, 0.2) is 11.9 Å². The summed E-state index contributed by atoms with van der Waals surface area (Å²) in [7, 11) is 0. The van der Waals surface area contributed by atoms with Crippen LogP contribution in [-0.2, 0) is 0 Å². The molecule has 2 saturated heterocycles. The smallest absolute Gasteiger partial charge is 0.194 e. The molecule has 2 aliphatic heterocycles. The lowest BCUT2D eigenvalue weighted by Crippen LogP contribution is -2.41. The Labute approximate surface area is 197 Å². The first-order chi connectivity index (χ1) is 15.4. The van der Waals surface area contributed by atoms with Gasteiger partial charge in [-0.15, -0.1) is 0 Å². The SMILES string of the molecule is CCC(C)CN1C(=N)N(CCCC[C@H]2CNC(=N)N2CC2CCCCC2)C[C@@H]1C(C)CC. The van der Waals surface area contributed by atoms with E-state index in [1.807, 2.05) is 0 Å². The number of nitrogens with zero attached hydrogens (tertiary/aromatic N) is 3. The van der Waals surface area contributed by atoms with Crippen molar-refractivity contribution in [3.63, 3.8) is 0 Å². The third-order valence-electron chi connectivity index (χ3n) is 8.51. The van der Waals surface area contributed by atoms with E-state index in [0.717, 1.165) is 57.4 Å². The highest BCUT2D eigenvalue weighted by atomic mass is 15.4. The summed E-state index contributed by atoms with van der Waals surface area (Å²) in [6, 6.07) is 0.976. The molecular formula is C26H50N6. The summed E-state index contributed by atoms with van der Waals surface area (Å²) in [4.78, 5) is 7.10. The molecule has 0 radical (unpaired) electrons. The molecule has 0 spiro atoms. The minimum Gasteiger partial charge on any atom is -0.354 e. The number of guanidine groups is 2. The van der Waals surface area contributed by atoms with Crippen LogP contribution in [-0.4, -0.2) is 71.4 Å². The predicted octanol–water partition coefficient (Wildman–Crippen LogP) is 4.96. The van der Waals surface area contributed by atoms with Crippen LogP contribution in [0.5, 0.6) is 0 Å². The molecule has 184 valence electrons. The summed E-state index contributed by atoms with van der Waals surface area (Å²) in [6.45, 7) is 14.3. The summed E-state index contributed by atoms with van der Waals surface area (Å²) in [5, 5.41) is 20.5. The van der Waals surface area contributed by atoms with E-state index in [1.165, 1.54) is 51.4 Å². The zero-order valence-electron chi connectivity index (χ0n) is 21.3. The molecule has 0 aromatic carbocycles. The maximum absolute atomic E-state index is 8.84. The molecule has 1 aliphatic carbocycles. The molecule has 3 fully saturated rings. The van der Waals surface area contributed by atoms with Gasteiger partial charge in [0.05, 0.1) is 6.04 Å². The van der Waals surface area contributed by atoms with Crippen LogP contribution in [0.2, 0.25) is 0 Å². The summed E-state index contributed by atoms with van der Waals surface area (Å²) >= 11 is 0. The lowest BCUT2D eigenvalue weighted by atomic mass is 9.88. The van der Waals surface area contributed by atoms with Gasteiger partial charge in [-0.05, 0) is 49.9 Å². The van der Waals surface area contributed by atoms with Crippen molar-refractivity contribution < 1.29 is 0 Å². The summed E-state index contributed by atoms with van der Waals surface area (Å²) in [6.07, 6.45) is 12.7. The largest absolute Gasteiger partial charge is 0.354 e. The van der Waals surface area contributed by atoms with Crippen molar-refractivity contribution in [2.24, 2.45) is 17.8 Å². The molecule has 1 saturated carbocycles. The number of hydrogen-bond acceptors (Lipinski definition) is 2. The number of nitrogens with one attached hydrogen (secondary N) is 3. The summed E-state index contributed by atoms with van der Waals surface area (Å²) in [5.74, 6) is 3.47. The maximum atomic E-state index is 8.84. The molecule has 4 atom stereocenters. The fourth-order valence-electron chi connectivity index (χ4n) is 5.83. The van der Waals surface area contributed by atoms with Gasteiger partial charge in [0, 0.05) is 38.8 Å². The van der Waals surface area contributed by atoms with E-state index >= 15 is 0 Å². The van der Waals surface area contributed by atoms with Crippen LogP contribution in [0, 0.1) is 28.6 Å². The van der Waals surface area contributed by atoms with E-state index in [1.54, 1.807) is 0 Å². The highest BCUT2D eigenvalue weighted by Gasteiger charge is 2.37. The van der Waals surface area contributed by atoms with Gasteiger partial charge in [0.25, 0.3) is 0 Å². The van der Waals surface area contributed by atoms with E-state index in [9.17, 15) is 0 Å². The fraction of sp³-hybridized carbons (Fsp3) is 0.923. The first kappa shape index (κ1) is 25.2. The Morgan fingerprint density at radius 2 is 1.75 bits per heavy atom. The highest BCUT2D eigenvalue weighted by Crippen LogP contribution is 2.28. The third kappa shape index (κ3) is 6.32. The normalized spacial score (nSPS) is 26.7. The second-order valence-electron chi connectivity index (χ2n) is 10.9. The summed E-state index contributed by atoms with van der Waals surface area (Å²) in [5.41, 5.74) is 0. The van der Waals surface area contributed by atoms with Gasteiger partial charge >= 0.3 is 0 Å². The van der Waals surface area contributed by atoms with Gasteiger partial charge < -0.3 is 20.0 Å². The third-order valence-corrected chi connectivity index (χ3v) is 8.51. The Morgan fingerprint density at radius 1 is 1.00 bits per heavy atom. The fourth-order valence-corrected chi connectivity index (χ4v) is 5.83. The molecule has 32 heavy (non-hydrogen) atoms. The van der Waals surface area contributed by atoms with E-state index in [2.05, 4.69) is 47.7 Å². The van der Waals surface area contributed by atoms with Crippen molar-refractivity contribution in [1.82, 2.24) is 20.0 Å². The predicted molar refractivity (Wildman–Crippen MR) is 135 cm³/mol. The molecule has 3 N–H and O–H groups in total. The van der Waals surface area contributed by atoms with E-state index in [-0.39, 0.29) is 0 Å². The molecule has 0 aromatic heterocycles. The molecule has 6 heteroatoms. The number of rotatable bonds is 12. The molecule has 0 bridgehead atoms. The standard InChI is InChI=1S/C26H50N6/c1-5-20(3)17-32-24(21(4)6-2)19-30(26(32)28)15-11-10-14-23-16-29-25(27)31(23)18-22-12-8-7-9-13-22/h20-24,28H,5-19H2,1-4H3,(H2,27,29)/t20?,21?,23-,24+/m0/s1. The zero-order valence-corrected chi connectivity index (χ0v) is 21.3.